The summed E-state index contributed by atoms with van der Waals surface area (Å²) >= 11 is 1.71. The maximum atomic E-state index is 5.73. The van der Waals surface area contributed by atoms with Gasteiger partial charge in [-0.1, -0.05) is 6.92 Å². The molecule has 0 spiro atoms. The molecule has 0 amide bonds. The van der Waals surface area contributed by atoms with Crippen molar-refractivity contribution >= 4 is 11.3 Å². The largest absolute Gasteiger partial charge is 0.326 e. The van der Waals surface area contributed by atoms with Gasteiger partial charge in [0.1, 0.15) is 0 Å². The Labute approximate surface area is 99.9 Å². The molecular formula is C12H17N3S. The Morgan fingerprint density at radius 3 is 2.94 bits per heavy atom. The number of hydrogen-bond acceptors (Lipinski definition) is 3. The Morgan fingerprint density at radius 2 is 2.25 bits per heavy atom. The number of aryl methyl sites for hydroxylation is 1. The van der Waals surface area contributed by atoms with E-state index in [0.29, 0.717) is 6.54 Å². The van der Waals surface area contributed by atoms with Gasteiger partial charge in [0.05, 0.1) is 6.20 Å². The molecule has 2 heterocycles. The molecule has 0 bridgehead atoms. The van der Waals surface area contributed by atoms with E-state index in [2.05, 4.69) is 35.1 Å². The van der Waals surface area contributed by atoms with Gasteiger partial charge < -0.3 is 5.73 Å². The molecule has 0 atom stereocenters. The van der Waals surface area contributed by atoms with Gasteiger partial charge in [0.25, 0.3) is 0 Å². The molecule has 0 aliphatic rings. The molecule has 3 nitrogen and oxygen atoms in total. The van der Waals surface area contributed by atoms with E-state index in [1.807, 2.05) is 6.20 Å². The molecule has 2 aromatic heterocycles. The average molecular weight is 235 g/mol. The number of aromatic nitrogens is 2. The molecule has 0 fully saturated rings. The number of nitrogens with two attached hydrogens (primary N) is 1. The SMILES string of the molecule is CCCn1ncc(-c2ccsc2CN)c1C. The van der Waals surface area contributed by atoms with Crippen molar-refractivity contribution in [1.29, 1.82) is 0 Å². The van der Waals surface area contributed by atoms with Gasteiger partial charge in [0.2, 0.25) is 0 Å². The summed E-state index contributed by atoms with van der Waals surface area (Å²) in [6.45, 7) is 5.87. The van der Waals surface area contributed by atoms with Crippen LogP contribution < -0.4 is 5.73 Å². The van der Waals surface area contributed by atoms with E-state index >= 15 is 0 Å². The number of rotatable bonds is 4. The van der Waals surface area contributed by atoms with Gasteiger partial charge in [-0.05, 0) is 24.8 Å². The second-order valence-corrected chi connectivity index (χ2v) is 4.83. The van der Waals surface area contributed by atoms with Crippen molar-refractivity contribution in [1.82, 2.24) is 9.78 Å². The smallest absolute Gasteiger partial charge is 0.0571 e. The summed E-state index contributed by atoms with van der Waals surface area (Å²) in [5.74, 6) is 0. The van der Waals surface area contributed by atoms with Crippen molar-refractivity contribution in [2.75, 3.05) is 0 Å². The Morgan fingerprint density at radius 1 is 1.44 bits per heavy atom. The summed E-state index contributed by atoms with van der Waals surface area (Å²) in [4.78, 5) is 1.24. The molecule has 0 saturated carbocycles. The fraction of sp³-hybridized carbons (Fsp3) is 0.417. The third kappa shape index (κ3) is 1.90. The number of nitrogens with zero attached hydrogens (tertiary/aromatic N) is 2. The van der Waals surface area contributed by atoms with Gasteiger partial charge in [-0.2, -0.15) is 5.10 Å². The van der Waals surface area contributed by atoms with Crippen LogP contribution in [-0.4, -0.2) is 9.78 Å². The number of hydrogen-bond donors (Lipinski definition) is 1. The van der Waals surface area contributed by atoms with E-state index in [1.165, 1.54) is 21.7 Å². The summed E-state index contributed by atoms with van der Waals surface area (Å²) in [6, 6.07) is 2.13. The molecule has 2 aromatic rings. The molecule has 86 valence electrons. The van der Waals surface area contributed by atoms with Crippen molar-refractivity contribution < 1.29 is 0 Å². The maximum absolute atomic E-state index is 5.73. The Bertz CT molecular complexity index is 470. The lowest BCUT2D eigenvalue weighted by molar-refractivity contribution is 0.587. The zero-order valence-corrected chi connectivity index (χ0v) is 10.5. The van der Waals surface area contributed by atoms with Crippen molar-refractivity contribution in [3.8, 4) is 11.1 Å². The van der Waals surface area contributed by atoms with Crippen LogP contribution in [0.2, 0.25) is 0 Å². The third-order valence-electron chi connectivity index (χ3n) is 2.76. The van der Waals surface area contributed by atoms with Crippen LogP contribution in [0.4, 0.5) is 0 Å². The van der Waals surface area contributed by atoms with Gasteiger partial charge in [0.15, 0.2) is 0 Å². The van der Waals surface area contributed by atoms with E-state index in [4.69, 9.17) is 5.73 Å². The molecular weight excluding hydrogens is 218 g/mol. The third-order valence-corrected chi connectivity index (χ3v) is 3.70. The first kappa shape index (κ1) is 11.4. The van der Waals surface area contributed by atoms with Gasteiger partial charge in [-0.25, -0.2) is 0 Å². The van der Waals surface area contributed by atoms with Gasteiger partial charge in [-0.15, -0.1) is 11.3 Å². The van der Waals surface area contributed by atoms with Crippen LogP contribution in [0.25, 0.3) is 11.1 Å². The predicted octanol–water partition coefficient (Wildman–Crippen LogP) is 2.79. The second kappa shape index (κ2) is 4.80. The Hall–Kier alpha value is -1.13. The van der Waals surface area contributed by atoms with Crippen molar-refractivity contribution in [3.63, 3.8) is 0 Å². The summed E-state index contributed by atoms with van der Waals surface area (Å²) in [7, 11) is 0. The molecule has 2 rings (SSSR count). The molecule has 4 heteroatoms. The molecule has 0 aliphatic heterocycles. The van der Waals surface area contributed by atoms with E-state index < -0.39 is 0 Å². The van der Waals surface area contributed by atoms with E-state index in [9.17, 15) is 0 Å². The highest BCUT2D eigenvalue weighted by Gasteiger charge is 2.11. The van der Waals surface area contributed by atoms with Crippen molar-refractivity contribution in [2.24, 2.45) is 5.73 Å². The van der Waals surface area contributed by atoms with Crippen LogP contribution in [0, 0.1) is 6.92 Å². The van der Waals surface area contributed by atoms with Crippen LogP contribution in [0.1, 0.15) is 23.9 Å². The topological polar surface area (TPSA) is 43.8 Å². The molecule has 0 radical (unpaired) electrons. The normalized spacial score (nSPS) is 10.9. The van der Waals surface area contributed by atoms with Crippen molar-refractivity contribution in [2.45, 2.75) is 33.4 Å². The molecule has 2 N–H and O–H groups in total. The van der Waals surface area contributed by atoms with E-state index in [-0.39, 0.29) is 0 Å². The van der Waals surface area contributed by atoms with Gasteiger partial charge >= 0.3 is 0 Å². The van der Waals surface area contributed by atoms with E-state index in [1.54, 1.807) is 11.3 Å². The van der Waals surface area contributed by atoms with Crippen LogP contribution in [0.15, 0.2) is 17.6 Å². The summed E-state index contributed by atoms with van der Waals surface area (Å²) in [5.41, 5.74) is 9.42. The number of thiophene rings is 1. The second-order valence-electron chi connectivity index (χ2n) is 3.83. The summed E-state index contributed by atoms with van der Waals surface area (Å²) in [6.07, 6.45) is 3.06. The first-order valence-corrected chi connectivity index (χ1v) is 6.45. The minimum atomic E-state index is 0.603. The summed E-state index contributed by atoms with van der Waals surface area (Å²) in [5, 5.41) is 6.51. The van der Waals surface area contributed by atoms with Crippen LogP contribution in [-0.2, 0) is 13.1 Å². The molecule has 0 aliphatic carbocycles. The fourth-order valence-electron chi connectivity index (χ4n) is 1.89. The monoisotopic (exact) mass is 235 g/mol. The molecule has 0 saturated heterocycles. The minimum absolute atomic E-state index is 0.603. The lowest BCUT2D eigenvalue weighted by Crippen LogP contribution is -2.01. The van der Waals surface area contributed by atoms with Gasteiger partial charge in [-0.3, -0.25) is 4.68 Å². The minimum Gasteiger partial charge on any atom is -0.326 e. The van der Waals surface area contributed by atoms with Crippen molar-refractivity contribution in [3.05, 3.63) is 28.2 Å². The lowest BCUT2D eigenvalue weighted by atomic mass is 10.1. The first-order valence-electron chi connectivity index (χ1n) is 5.57. The molecule has 0 aromatic carbocycles. The molecule has 0 unspecified atom stereocenters. The highest BCUT2D eigenvalue weighted by atomic mass is 32.1. The predicted molar refractivity (Wildman–Crippen MR) is 68.5 cm³/mol. The van der Waals surface area contributed by atoms with Crippen LogP contribution in [0.3, 0.4) is 0 Å². The average Bonchev–Trinajstić information content (AvgIpc) is 2.87. The van der Waals surface area contributed by atoms with Crippen LogP contribution in [0.5, 0.6) is 0 Å². The summed E-state index contributed by atoms with van der Waals surface area (Å²) < 4.78 is 2.06. The highest BCUT2D eigenvalue weighted by Crippen LogP contribution is 2.30. The van der Waals surface area contributed by atoms with Gasteiger partial charge in [0, 0.05) is 34.8 Å². The van der Waals surface area contributed by atoms with E-state index in [0.717, 1.165) is 13.0 Å². The highest BCUT2D eigenvalue weighted by molar-refractivity contribution is 7.10. The maximum Gasteiger partial charge on any atom is 0.0571 e. The zero-order valence-electron chi connectivity index (χ0n) is 9.73. The molecule has 16 heavy (non-hydrogen) atoms. The fourth-order valence-corrected chi connectivity index (χ4v) is 2.66. The lowest BCUT2D eigenvalue weighted by Gasteiger charge is -2.04. The first-order chi connectivity index (χ1) is 7.77. The Kier molecular flexibility index (Phi) is 3.41. The quantitative estimate of drug-likeness (QED) is 0.885. The Balaban J connectivity index is 2.41. The van der Waals surface area contributed by atoms with Crippen LogP contribution >= 0.6 is 11.3 Å². The zero-order chi connectivity index (χ0) is 11.5. The standard InChI is InChI=1S/C12H17N3S/c1-3-5-15-9(2)11(8-14-15)10-4-6-16-12(10)7-13/h4,6,8H,3,5,7,13H2,1-2H3.